The summed E-state index contributed by atoms with van der Waals surface area (Å²) in [6, 6.07) is 0. The van der Waals surface area contributed by atoms with Crippen molar-refractivity contribution in [2.24, 2.45) is 34.3 Å². The van der Waals surface area contributed by atoms with E-state index in [1.54, 1.807) is 0 Å². The molecule has 3 heteroatoms. The van der Waals surface area contributed by atoms with Crippen molar-refractivity contribution in [2.45, 2.75) is 65.2 Å². The zero-order valence-electron chi connectivity index (χ0n) is 13.8. The Balaban J connectivity index is 1.73. The number of nitrogens with two attached hydrogens (primary N) is 1. The number of fused-ring (bicyclic) bond motifs is 5. The van der Waals surface area contributed by atoms with E-state index in [0.29, 0.717) is 35.7 Å². The molecule has 22 heavy (non-hydrogen) atoms. The van der Waals surface area contributed by atoms with E-state index >= 15 is 0 Å². The highest BCUT2D eigenvalue weighted by Crippen LogP contribution is 2.64. The Morgan fingerprint density at radius 2 is 1.64 bits per heavy atom. The van der Waals surface area contributed by atoms with Crippen molar-refractivity contribution in [3.63, 3.8) is 0 Å². The lowest BCUT2D eigenvalue weighted by molar-refractivity contribution is -0.132. The lowest BCUT2D eigenvalue weighted by atomic mass is 9.47. The second kappa shape index (κ2) is 4.46. The largest absolute Gasteiger partial charge is 0.396 e. The minimum atomic E-state index is -0.0607. The highest BCUT2D eigenvalue weighted by atomic mass is 16.1. The van der Waals surface area contributed by atoms with Crippen molar-refractivity contribution in [3.8, 4) is 0 Å². The van der Waals surface area contributed by atoms with Crippen LogP contribution in [0.5, 0.6) is 0 Å². The quantitative estimate of drug-likeness (QED) is 0.746. The lowest BCUT2D eigenvalue weighted by Crippen LogP contribution is -2.51. The molecule has 0 aromatic rings. The highest BCUT2D eigenvalue weighted by molar-refractivity contribution is 5.96. The van der Waals surface area contributed by atoms with Crippen LogP contribution >= 0.6 is 0 Å². The summed E-state index contributed by atoms with van der Waals surface area (Å²) in [6.45, 7) is 4.56. The summed E-state index contributed by atoms with van der Waals surface area (Å²) in [4.78, 5) is 24.4. The summed E-state index contributed by atoms with van der Waals surface area (Å²) in [5, 5.41) is 0. The van der Waals surface area contributed by atoms with Crippen molar-refractivity contribution in [3.05, 3.63) is 11.3 Å². The normalized spacial score (nSPS) is 48.0. The summed E-state index contributed by atoms with van der Waals surface area (Å²) >= 11 is 0. The summed E-state index contributed by atoms with van der Waals surface area (Å²) in [7, 11) is 0. The molecule has 0 saturated heterocycles. The monoisotopic (exact) mass is 301 g/mol. The molecule has 0 spiro atoms. The van der Waals surface area contributed by atoms with E-state index in [2.05, 4.69) is 13.8 Å². The first-order chi connectivity index (χ1) is 10.4. The Bertz CT molecular complexity index is 592. The predicted octanol–water partition coefficient (Wildman–Crippen LogP) is 3.37. The fourth-order valence-corrected chi connectivity index (χ4v) is 6.53. The fraction of sp³-hybridized carbons (Fsp3) is 0.789. The molecule has 0 bridgehead atoms. The van der Waals surface area contributed by atoms with E-state index in [1.165, 1.54) is 5.57 Å². The third-order valence-corrected chi connectivity index (χ3v) is 7.88. The molecule has 4 aliphatic rings. The topological polar surface area (TPSA) is 60.2 Å². The summed E-state index contributed by atoms with van der Waals surface area (Å²) < 4.78 is 0. The van der Waals surface area contributed by atoms with Crippen molar-refractivity contribution in [1.29, 1.82) is 0 Å². The number of Topliss-reactive ketones (excluding diaryl/α,β-unsaturated/α-hetero) is 2. The SMILES string of the molecule is C[C@]12CCC(=O)C(N)=C1CCC1C2CC[C@]2(C)C(=O)CCC12. The van der Waals surface area contributed by atoms with Crippen molar-refractivity contribution in [2.75, 3.05) is 0 Å². The van der Waals surface area contributed by atoms with Gasteiger partial charge in [0.2, 0.25) is 0 Å². The van der Waals surface area contributed by atoms with Gasteiger partial charge in [0.15, 0.2) is 5.78 Å². The van der Waals surface area contributed by atoms with Gasteiger partial charge in [-0.15, -0.1) is 0 Å². The third kappa shape index (κ3) is 1.63. The Morgan fingerprint density at radius 3 is 2.41 bits per heavy atom. The molecule has 4 rings (SSSR count). The van der Waals surface area contributed by atoms with Crippen LogP contribution in [-0.2, 0) is 9.59 Å². The summed E-state index contributed by atoms with van der Waals surface area (Å²) in [6.07, 6.45) is 7.69. The van der Waals surface area contributed by atoms with Gasteiger partial charge >= 0.3 is 0 Å². The molecule has 3 fully saturated rings. The zero-order valence-corrected chi connectivity index (χ0v) is 13.8. The van der Waals surface area contributed by atoms with Crippen LogP contribution in [0.3, 0.4) is 0 Å². The molecule has 4 aliphatic carbocycles. The average Bonchev–Trinajstić information content (AvgIpc) is 2.79. The molecule has 0 amide bonds. The molecular formula is C19H27NO2. The molecule has 0 radical (unpaired) electrons. The number of rotatable bonds is 0. The van der Waals surface area contributed by atoms with Crippen LogP contribution in [0.4, 0.5) is 0 Å². The average molecular weight is 301 g/mol. The van der Waals surface area contributed by atoms with Gasteiger partial charge < -0.3 is 5.73 Å². The molecule has 5 atom stereocenters. The first kappa shape index (κ1) is 14.5. The minimum absolute atomic E-state index is 0.0607. The maximum Gasteiger partial charge on any atom is 0.178 e. The maximum absolute atomic E-state index is 12.4. The van der Waals surface area contributed by atoms with E-state index in [0.717, 1.165) is 44.9 Å². The van der Waals surface area contributed by atoms with Crippen LogP contribution < -0.4 is 5.73 Å². The zero-order chi connectivity index (χ0) is 15.7. The molecule has 0 aromatic heterocycles. The fourth-order valence-electron chi connectivity index (χ4n) is 6.53. The second-order valence-electron chi connectivity index (χ2n) is 8.57. The van der Waals surface area contributed by atoms with Gasteiger partial charge in [0.25, 0.3) is 0 Å². The molecule has 3 unspecified atom stereocenters. The van der Waals surface area contributed by atoms with Gasteiger partial charge in [-0.25, -0.2) is 0 Å². The summed E-state index contributed by atoms with van der Waals surface area (Å²) in [5.74, 6) is 2.49. The lowest BCUT2D eigenvalue weighted by Gasteiger charge is -2.57. The van der Waals surface area contributed by atoms with E-state index in [4.69, 9.17) is 5.73 Å². The first-order valence-corrected chi connectivity index (χ1v) is 8.93. The van der Waals surface area contributed by atoms with Gasteiger partial charge in [0.1, 0.15) is 5.78 Å². The number of hydrogen-bond donors (Lipinski definition) is 1. The van der Waals surface area contributed by atoms with Gasteiger partial charge in [0, 0.05) is 18.3 Å². The second-order valence-corrected chi connectivity index (χ2v) is 8.57. The van der Waals surface area contributed by atoms with E-state index < -0.39 is 0 Å². The number of carbonyl (C=O) groups excluding carboxylic acids is 2. The van der Waals surface area contributed by atoms with Crippen LogP contribution in [-0.4, -0.2) is 11.6 Å². The Hall–Kier alpha value is -1.12. The molecule has 0 heterocycles. The van der Waals surface area contributed by atoms with Crippen LogP contribution in [0.1, 0.15) is 65.2 Å². The van der Waals surface area contributed by atoms with Gasteiger partial charge in [-0.1, -0.05) is 13.8 Å². The van der Waals surface area contributed by atoms with Gasteiger partial charge in [-0.3, -0.25) is 9.59 Å². The van der Waals surface area contributed by atoms with Crippen LogP contribution in [0, 0.1) is 28.6 Å². The molecule has 3 saturated carbocycles. The Kier molecular flexibility index (Phi) is 2.93. The smallest absolute Gasteiger partial charge is 0.178 e. The van der Waals surface area contributed by atoms with Crippen LogP contribution in [0.2, 0.25) is 0 Å². The van der Waals surface area contributed by atoms with Crippen LogP contribution in [0.25, 0.3) is 0 Å². The minimum Gasteiger partial charge on any atom is -0.396 e. The Labute approximate surface area is 132 Å². The molecule has 2 N–H and O–H groups in total. The first-order valence-electron chi connectivity index (χ1n) is 8.93. The molecule has 120 valence electrons. The van der Waals surface area contributed by atoms with E-state index in [9.17, 15) is 9.59 Å². The molecular weight excluding hydrogens is 274 g/mol. The molecule has 0 aromatic carbocycles. The predicted molar refractivity (Wildman–Crippen MR) is 84.8 cm³/mol. The molecule has 3 nitrogen and oxygen atoms in total. The number of ketones is 2. The number of hydrogen-bond acceptors (Lipinski definition) is 3. The van der Waals surface area contributed by atoms with Crippen molar-refractivity contribution < 1.29 is 9.59 Å². The van der Waals surface area contributed by atoms with E-state index in [-0.39, 0.29) is 16.6 Å². The van der Waals surface area contributed by atoms with E-state index in [1.807, 2.05) is 0 Å². The van der Waals surface area contributed by atoms with Crippen molar-refractivity contribution >= 4 is 11.6 Å². The standard InChI is InChI=1S/C19H27NO2/c1-18-10-8-15(21)17(20)14(18)4-3-11-12-5-6-16(22)19(12,2)9-7-13(11)18/h11-13H,3-10,20H2,1-2H3/t11?,12?,13?,18-,19+/m1/s1. The third-order valence-electron chi connectivity index (χ3n) is 7.88. The molecule has 0 aliphatic heterocycles. The van der Waals surface area contributed by atoms with Gasteiger partial charge in [0.05, 0.1) is 5.70 Å². The van der Waals surface area contributed by atoms with Crippen LogP contribution in [0.15, 0.2) is 11.3 Å². The van der Waals surface area contributed by atoms with Gasteiger partial charge in [-0.05, 0) is 67.3 Å². The summed E-state index contributed by atoms with van der Waals surface area (Å²) in [5.41, 5.74) is 8.04. The number of allylic oxidation sites excluding steroid dienone is 1. The highest BCUT2D eigenvalue weighted by Gasteiger charge is 2.59. The maximum atomic E-state index is 12.4. The Morgan fingerprint density at radius 1 is 0.909 bits per heavy atom. The van der Waals surface area contributed by atoms with Gasteiger partial charge in [-0.2, -0.15) is 0 Å². The van der Waals surface area contributed by atoms with Crippen molar-refractivity contribution in [1.82, 2.24) is 0 Å². The number of carbonyl (C=O) groups is 2.